The second kappa shape index (κ2) is 8.45. The number of carbonyl (C=O) groups is 2. The van der Waals surface area contributed by atoms with Crippen molar-refractivity contribution < 1.29 is 23.1 Å². The Kier molecular flexibility index (Phi) is 6.20. The topological polar surface area (TPSA) is 104 Å². The zero-order chi connectivity index (χ0) is 20.3. The molecule has 0 saturated carbocycles. The molecule has 3 unspecified atom stereocenters. The lowest BCUT2D eigenvalue weighted by atomic mass is 9.82. The van der Waals surface area contributed by atoms with Gasteiger partial charge in [0.25, 0.3) is 0 Å². The molecule has 1 saturated heterocycles. The maximum Gasteiger partial charge on any atom is 0.307 e. The summed E-state index contributed by atoms with van der Waals surface area (Å²) in [6, 6.07) is 6.07. The van der Waals surface area contributed by atoms with E-state index in [4.69, 9.17) is 0 Å². The van der Waals surface area contributed by atoms with Crippen molar-refractivity contribution in [2.75, 3.05) is 18.4 Å². The highest BCUT2D eigenvalue weighted by molar-refractivity contribution is 7.89. The normalized spacial score (nSPS) is 26.0. The quantitative estimate of drug-likeness (QED) is 0.732. The number of sulfonamides is 1. The molecule has 8 heteroatoms. The van der Waals surface area contributed by atoms with E-state index in [1.807, 2.05) is 13.0 Å². The molecule has 152 valence electrons. The summed E-state index contributed by atoms with van der Waals surface area (Å²) in [7, 11) is -3.55. The minimum Gasteiger partial charge on any atom is -0.481 e. The summed E-state index contributed by atoms with van der Waals surface area (Å²) in [6.45, 7) is 3.09. The Hall–Kier alpha value is -2.19. The number of allylic oxidation sites excluding steroid dienone is 2. The number of hydrogen-bond donors (Lipinski definition) is 2. The number of amides is 1. The number of nitrogens with zero attached hydrogens (tertiary/aromatic N) is 1. The molecule has 1 aromatic rings. The number of aliphatic carboxylic acids is 1. The van der Waals surface area contributed by atoms with E-state index in [2.05, 4.69) is 5.32 Å². The molecule has 1 fully saturated rings. The van der Waals surface area contributed by atoms with Crippen molar-refractivity contribution in [2.45, 2.75) is 37.5 Å². The van der Waals surface area contributed by atoms with Crippen molar-refractivity contribution in [3.05, 3.63) is 36.4 Å². The van der Waals surface area contributed by atoms with Crippen molar-refractivity contribution in [3.63, 3.8) is 0 Å². The van der Waals surface area contributed by atoms with Crippen LogP contribution in [0, 0.1) is 17.8 Å². The van der Waals surface area contributed by atoms with Crippen LogP contribution in [0.4, 0.5) is 5.69 Å². The van der Waals surface area contributed by atoms with Gasteiger partial charge in [-0.2, -0.15) is 4.31 Å². The first kappa shape index (κ1) is 20.5. The van der Waals surface area contributed by atoms with Crippen molar-refractivity contribution in [3.8, 4) is 0 Å². The minimum atomic E-state index is -3.55. The molecule has 1 aromatic carbocycles. The number of rotatable bonds is 5. The summed E-state index contributed by atoms with van der Waals surface area (Å²) in [6.07, 6.45) is 6.20. The molecule has 1 aliphatic heterocycles. The molecule has 2 aliphatic rings. The van der Waals surface area contributed by atoms with Gasteiger partial charge in [-0.1, -0.05) is 19.1 Å². The summed E-state index contributed by atoms with van der Waals surface area (Å²) in [5, 5.41) is 12.0. The van der Waals surface area contributed by atoms with Gasteiger partial charge in [-0.05, 0) is 55.9 Å². The highest BCUT2D eigenvalue weighted by atomic mass is 32.2. The molecule has 7 nitrogen and oxygen atoms in total. The predicted molar refractivity (Wildman–Crippen MR) is 105 cm³/mol. The number of carboxylic acids is 1. The third-order valence-electron chi connectivity index (χ3n) is 5.47. The van der Waals surface area contributed by atoms with E-state index >= 15 is 0 Å². The van der Waals surface area contributed by atoms with Crippen LogP contribution >= 0.6 is 0 Å². The van der Waals surface area contributed by atoms with E-state index in [1.54, 1.807) is 18.2 Å². The maximum atomic E-state index is 12.8. The Morgan fingerprint density at radius 1 is 1.11 bits per heavy atom. The zero-order valence-corrected chi connectivity index (χ0v) is 16.7. The van der Waals surface area contributed by atoms with Gasteiger partial charge >= 0.3 is 5.97 Å². The molecule has 3 atom stereocenters. The van der Waals surface area contributed by atoms with Crippen LogP contribution in [-0.2, 0) is 19.6 Å². The number of nitrogens with one attached hydrogen (secondary N) is 1. The molecular weight excluding hydrogens is 380 g/mol. The Balaban J connectivity index is 1.69. The molecule has 28 heavy (non-hydrogen) atoms. The molecule has 0 spiro atoms. The summed E-state index contributed by atoms with van der Waals surface area (Å²) in [4.78, 5) is 24.1. The van der Waals surface area contributed by atoms with E-state index in [1.165, 1.54) is 16.4 Å². The molecule has 0 radical (unpaired) electrons. The summed E-state index contributed by atoms with van der Waals surface area (Å²) in [5.41, 5.74) is 0.453. The Morgan fingerprint density at radius 2 is 1.75 bits per heavy atom. The van der Waals surface area contributed by atoms with Crippen LogP contribution in [0.5, 0.6) is 0 Å². The number of piperidine rings is 1. The van der Waals surface area contributed by atoms with Crippen LogP contribution < -0.4 is 5.32 Å². The smallest absolute Gasteiger partial charge is 0.307 e. The van der Waals surface area contributed by atoms with E-state index < -0.39 is 27.8 Å². The van der Waals surface area contributed by atoms with Crippen LogP contribution in [-0.4, -0.2) is 42.8 Å². The molecule has 1 amide bonds. The standard InChI is InChI=1S/C20H26N2O5S/c1-14-5-4-12-22(13-14)28(26,27)16-10-8-15(9-11-16)21-19(23)17-6-2-3-7-18(17)20(24)25/h2-3,8-11,14,17-18H,4-7,12-13H2,1H3,(H,21,23)(H,24,25). The van der Waals surface area contributed by atoms with Crippen LogP contribution in [0.25, 0.3) is 0 Å². The first-order chi connectivity index (χ1) is 13.3. The van der Waals surface area contributed by atoms with Gasteiger partial charge in [0.05, 0.1) is 16.7 Å². The highest BCUT2D eigenvalue weighted by Crippen LogP contribution is 2.28. The monoisotopic (exact) mass is 406 g/mol. The summed E-state index contributed by atoms with van der Waals surface area (Å²) >= 11 is 0. The van der Waals surface area contributed by atoms with E-state index in [9.17, 15) is 23.1 Å². The minimum absolute atomic E-state index is 0.198. The van der Waals surface area contributed by atoms with E-state index in [0.717, 1.165) is 12.8 Å². The maximum absolute atomic E-state index is 12.8. The zero-order valence-electron chi connectivity index (χ0n) is 15.9. The van der Waals surface area contributed by atoms with Crippen LogP contribution in [0.15, 0.2) is 41.3 Å². The van der Waals surface area contributed by atoms with E-state index in [0.29, 0.717) is 37.5 Å². The van der Waals surface area contributed by atoms with Gasteiger partial charge in [0.1, 0.15) is 0 Å². The van der Waals surface area contributed by atoms with Gasteiger partial charge in [-0.25, -0.2) is 8.42 Å². The first-order valence-corrected chi connectivity index (χ1v) is 11.0. The van der Waals surface area contributed by atoms with Crippen molar-refractivity contribution in [2.24, 2.45) is 17.8 Å². The largest absolute Gasteiger partial charge is 0.481 e. The lowest BCUT2D eigenvalue weighted by molar-refractivity contribution is -0.146. The van der Waals surface area contributed by atoms with Crippen molar-refractivity contribution in [1.82, 2.24) is 4.31 Å². The van der Waals surface area contributed by atoms with Gasteiger partial charge in [-0.15, -0.1) is 0 Å². The van der Waals surface area contributed by atoms with Crippen molar-refractivity contribution >= 4 is 27.6 Å². The Labute approximate surface area is 165 Å². The fourth-order valence-electron chi connectivity index (χ4n) is 3.84. The lowest BCUT2D eigenvalue weighted by Crippen LogP contribution is -2.39. The summed E-state index contributed by atoms with van der Waals surface area (Å²) in [5.74, 6) is -2.39. The average molecular weight is 407 g/mol. The molecule has 2 N–H and O–H groups in total. The molecule has 3 rings (SSSR count). The number of carboxylic acid groups (broad SMARTS) is 1. The van der Waals surface area contributed by atoms with Crippen LogP contribution in [0.2, 0.25) is 0 Å². The third-order valence-corrected chi connectivity index (χ3v) is 7.35. The molecular formula is C20H26N2O5S. The number of carbonyl (C=O) groups excluding carboxylic acids is 1. The fourth-order valence-corrected chi connectivity index (χ4v) is 5.43. The second-order valence-electron chi connectivity index (χ2n) is 7.62. The Bertz CT molecular complexity index is 863. The molecule has 0 bridgehead atoms. The number of hydrogen-bond acceptors (Lipinski definition) is 4. The van der Waals surface area contributed by atoms with Gasteiger partial charge in [0, 0.05) is 18.8 Å². The number of anilines is 1. The van der Waals surface area contributed by atoms with Gasteiger partial charge in [0.15, 0.2) is 0 Å². The van der Waals surface area contributed by atoms with E-state index in [-0.39, 0.29) is 10.8 Å². The van der Waals surface area contributed by atoms with Crippen LogP contribution in [0.1, 0.15) is 32.6 Å². The molecule has 0 aromatic heterocycles. The van der Waals surface area contributed by atoms with Crippen LogP contribution in [0.3, 0.4) is 0 Å². The molecule has 1 heterocycles. The fraction of sp³-hybridized carbons (Fsp3) is 0.500. The number of benzene rings is 1. The third kappa shape index (κ3) is 4.44. The van der Waals surface area contributed by atoms with Gasteiger partial charge in [-0.3, -0.25) is 9.59 Å². The van der Waals surface area contributed by atoms with Crippen molar-refractivity contribution in [1.29, 1.82) is 0 Å². The lowest BCUT2D eigenvalue weighted by Gasteiger charge is -2.30. The first-order valence-electron chi connectivity index (χ1n) is 9.58. The van der Waals surface area contributed by atoms with Gasteiger partial charge < -0.3 is 10.4 Å². The molecule has 1 aliphatic carbocycles. The Morgan fingerprint density at radius 3 is 2.36 bits per heavy atom. The summed E-state index contributed by atoms with van der Waals surface area (Å²) < 4.78 is 27.1. The SMILES string of the molecule is CC1CCCN(S(=O)(=O)c2ccc(NC(=O)C3CC=CCC3C(=O)O)cc2)C1. The predicted octanol–water partition coefficient (Wildman–Crippen LogP) is 2.71. The second-order valence-corrected chi connectivity index (χ2v) is 9.56. The highest BCUT2D eigenvalue weighted by Gasteiger charge is 2.34. The average Bonchev–Trinajstić information content (AvgIpc) is 2.68. The van der Waals surface area contributed by atoms with Gasteiger partial charge in [0.2, 0.25) is 15.9 Å².